The number of hydrogen-bond donors (Lipinski definition) is 2. The molecule has 3 N–H and O–H groups in total. The van der Waals surface area contributed by atoms with E-state index in [9.17, 15) is 0 Å². The van der Waals surface area contributed by atoms with Gasteiger partial charge in [0.05, 0.1) is 5.71 Å². The van der Waals surface area contributed by atoms with Gasteiger partial charge in [0.2, 0.25) is 5.96 Å². The van der Waals surface area contributed by atoms with Crippen LogP contribution >= 0.6 is 23.4 Å². The molecule has 0 aromatic heterocycles. The number of unbranched alkanes of at least 4 members (excludes halogenated alkanes) is 2. The molecule has 0 spiro atoms. The average molecular weight is 301 g/mol. The van der Waals surface area contributed by atoms with Crippen LogP contribution in [0.4, 0.5) is 0 Å². The number of nitrogens with two attached hydrogens (primary N) is 1. The standard InChI is InChI=1S/C13H18Cl2N4/c1-2-3-4-5-12(18-19-13(16)17-15)10-6-8-11(14)9-7-10/h6-9H,2-5H2,1H3,(H3,16,17,19). The fourth-order valence-electron chi connectivity index (χ4n) is 1.59. The van der Waals surface area contributed by atoms with Crippen molar-refractivity contribution in [1.82, 2.24) is 5.43 Å². The van der Waals surface area contributed by atoms with Gasteiger partial charge in [-0.05, 0) is 30.5 Å². The van der Waals surface area contributed by atoms with Gasteiger partial charge in [-0.2, -0.15) is 5.10 Å². The van der Waals surface area contributed by atoms with Crippen LogP contribution in [0.3, 0.4) is 0 Å². The number of rotatable bonds is 6. The van der Waals surface area contributed by atoms with Crippen molar-refractivity contribution in [3.8, 4) is 0 Å². The molecule has 0 saturated heterocycles. The zero-order valence-corrected chi connectivity index (χ0v) is 12.4. The zero-order chi connectivity index (χ0) is 14.1. The first-order valence-corrected chi connectivity index (χ1v) is 6.92. The molecule has 0 heterocycles. The summed E-state index contributed by atoms with van der Waals surface area (Å²) in [6.07, 6.45) is 4.24. The molecular weight excluding hydrogens is 283 g/mol. The number of halogens is 2. The predicted molar refractivity (Wildman–Crippen MR) is 82.7 cm³/mol. The highest BCUT2D eigenvalue weighted by Crippen LogP contribution is 2.13. The van der Waals surface area contributed by atoms with Crippen LogP contribution in [-0.4, -0.2) is 11.7 Å². The Morgan fingerprint density at radius 1 is 1.26 bits per heavy atom. The van der Waals surface area contributed by atoms with E-state index in [1.165, 1.54) is 0 Å². The Hall–Kier alpha value is -1.26. The lowest BCUT2D eigenvalue weighted by Gasteiger charge is -2.07. The lowest BCUT2D eigenvalue weighted by Crippen LogP contribution is -2.27. The summed E-state index contributed by atoms with van der Waals surface area (Å²) in [6.45, 7) is 2.16. The molecule has 19 heavy (non-hydrogen) atoms. The highest BCUT2D eigenvalue weighted by Gasteiger charge is 2.04. The SMILES string of the molecule is CCCCCC(=NN/C(N)=N/Cl)c1ccc(Cl)cc1. The summed E-state index contributed by atoms with van der Waals surface area (Å²) in [7, 11) is 0. The number of guanidine groups is 1. The van der Waals surface area contributed by atoms with Gasteiger partial charge in [-0.3, -0.25) is 0 Å². The first-order valence-electron chi connectivity index (χ1n) is 6.20. The Morgan fingerprint density at radius 2 is 1.95 bits per heavy atom. The third kappa shape index (κ3) is 5.94. The van der Waals surface area contributed by atoms with Crippen LogP contribution in [0, 0.1) is 0 Å². The Bertz CT molecular complexity index is 440. The summed E-state index contributed by atoms with van der Waals surface area (Å²) in [6, 6.07) is 7.54. The van der Waals surface area contributed by atoms with Crippen LogP contribution in [0.1, 0.15) is 38.2 Å². The van der Waals surface area contributed by atoms with Gasteiger partial charge in [-0.1, -0.05) is 43.5 Å². The molecule has 4 nitrogen and oxygen atoms in total. The monoisotopic (exact) mass is 300 g/mol. The van der Waals surface area contributed by atoms with Gasteiger partial charge in [0.25, 0.3) is 0 Å². The average Bonchev–Trinajstić information content (AvgIpc) is 2.43. The molecule has 0 amide bonds. The third-order valence-corrected chi connectivity index (χ3v) is 3.03. The molecule has 1 rings (SSSR count). The van der Waals surface area contributed by atoms with E-state index in [0.717, 1.165) is 37.0 Å². The lowest BCUT2D eigenvalue weighted by molar-refractivity contribution is 0.739. The van der Waals surface area contributed by atoms with E-state index < -0.39 is 0 Å². The van der Waals surface area contributed by atoms with Gasteiger partial charge >= 0.3 is 0 Å². The molecule has 0 aliphatic rings. The maximum atomic E-state index is 5.88. The Balaban J connectivity index is 2.81. The summed E-state index contributed by atoms with van der Waals surface area (Å²) in [5, 5.41) is 4.95. The van der Waals surface area contributed by atoms with Gasteiger partial charge in [-0.25, -0.2) is 5.43 Å². The van der Waals surface area contributed by atoms with Gasteiger partial charge in [0.1, 0.15) is 0 Å². The van der Waals surface area contributed by atoms with Crippen molar-refractivity contribution in [2.45, 2.75) is 32.6 Å². The fourth-order valence-corrected chi connectivity index (χ4v) is 1.76. The molecule has 0 aliphatic heterocycles. The van der Waals surface area contributed by atoms with Crippen molar-refractivity contribution in [3.05, 3.63) is 34.9 Å². The Labute approximate surface area is 123 Å². The molecule has 6 heteroatoms. The first-order chi connectivity index (χ1) is 9.17. The van der Waals surface area contributed by atoms with Crippen LogP contribution in [-0.2, 0) is 0 Å². The summed E-state index contributed by atoms with van der Waals surface area (Å²) in [5.41, 5.74) is 10.0. The van der Waals surface area contributed by atoms with Crippen molar-refractivity contribution in [3.63, 3.8) is 0 Å². The number of hydrazone groups is 1. The Morgan fingerprint density at radius 3 is 2.53 bits per heavy atom. The quantitative estimate of drug-likeness (QED) is 0.364. The Kier molecular flexibility index (Phi) is 7.30. The van der Waals surface area contributed by atoms with E-state index in [1.54, 1.807) is 0 Å². The summed E-state index contributed by atoms with van der Waals surface area (Å²) < 4.78 is 3.29. The molecule has 0 radical (unpaired) electrons. The summed E-state index contributed by atoms with van der Waals surface area (Å²) in [5.74, 6) is 0.0728. The van der Waals surface area contributed by atoms with Crippen LogP contribution in [0.25, 0.3) is 0 Å². The normalized spacial score (nSPS) is 12.6. The zero-order valence-electron chi connectivity index (χ0n) is 10.9. The molecule has 0 atom stereocenters. The minimum Gasteiger partial charge on any atom is -0.367 e. The minimum atomic E-state index is 0.0728. The third-order valence-electron chi connectivity index (χ3n) is 2.59. The van der Waals surface area contributed by atoms with E-state index >= 15 is 0 Å². The maximum absolute atomic E-state index is 5.88. The van der Waals surface area contributed by atoms with E-state index in [0.29, 0.717) is 5.02 Å². The number of nitrogens with zero attached hydrogens (tertiary/aromatic N) is 2. The molecule has 0 aliphatic carbocycles. The van der Waals surface area contributed by atoms with Crippen LogP contribution in [0.2, 0.25) is 5.02 Å². The summed E-state index contributed by atoms with van der Waals surface area (Å²) >= 11 is 11.1. The second kappa shape index (κ2) is 8.77. The van der Waals surface area contributed by atoms with Crippen molar-refractivity contribution in [2.75, 3.05) is 0 Å². The van der Waals surface area contributed by atoms with Crippen molar-refractivity contribution in [1.29, 1.82) is 0 Å². The maximum Gasteiger partial charge on any atom is 0.226 e. The van der Waals surface area contributed by atoms with E-state index in [-0.39, 0.29) is 5.96 Å². The molecule has 1 aromatic rings. The van der Waals surface area contributed by atoms with E-state index in [4.69, 9.17) is 29.1 Å². The lowest BCUT2D eigenvalue weighted by atomic mass is 10.0. The molecule has 1 aromatic carbocycles. The van der Waals surface area contributed by atoms with E-state index in [2.05, 4.69) is 22.0 Å². The second-order valence-corrected chi connectivity index (χ2v) is 4.71. The number of nitrogens with one attached hydrogen (secondary N) is 1. The van der Waals surface area contributed by atoms with Gasteiger partial charge < -0.3 is 5.73 Å². The first kappa shape index (κ1) is 15.8. The van der Waals surface area contributed by atoms with Gasteiger partial charge in [0.15, 0.2) is 0 Å². The number of benzene rings is 1. The van der Waals surface area contributed by atoms with E-state index in [1.807, 2.05) is 24.3 Å². The summed E-state index contributed by atoms with van der Waals surface area (Å²) in [4.78, 5) is 0. The van der Waals surface area contributed by atoms with Crippen LogP contribution < -0.4 is 11.2 Å². The smallest absolute Gasteiger partial charge is 0.226 e. The molecule has 0 bridgehead atoms. The van der Waals surface area contributed by atoms with Crippen LogP contribution in [0.5, 0.6) is 0 Å². The van der Waals surface area contributed by atoms with Crippen molar-refractivity contribution < 1.29 is 0 Å². The molecule has 0 unspecified atom stereocenters. The minimum absolute atomic E-state index is 0.0728. The molecular formula is C13H18Cl2N4. The highest BCUT2D eigenvalue weighted by atomic mass is 35.5. The van der Waals surface area contributed by atoms with Crippen molar-refractivity contribution >= 4 is 35.0 Å². The largest absolute Gasteiger partial charge is 0.367 e. The van der Waals surface area contributed by atoms with Crippen LogP contribution in [0.15, 0.2) is 33.9 Å². The molecule has 104 valence electrons. The second-order valence-electron chi connectivity index (χ2n) is 4.10. The topological polar surface area (TPSA) is 62.8 Å². The van der Waals surface area contributed by atoms with Crippen molar-refractivity contribution in [2.24, 2.45) is 15.3 Å². The van der Waals surface area contributed by atoms with Gasteiger partial charge in [0, 0.05) is 16.8 Å². The fraction of sp³-hybridized carbons (Fsp3) is 0.385. The number of hydrogen-bond acceptors (Lipinski definition) is 2. The predicted octanol–water partition coefficient (Wildman–Crippen LogP) is 3.68. The van der Waals surface area contributed by atoms with Gasteiger partial charge in [-0.15, -0.1) is 4.51 Å². The highest BCUT2D eigenvalue weighted by molar-refractivity contribution is 6.30. The molecule has 0 fully saturated rings. The molecule has 0 saturated carbocycles.